The van der Waals surface area contributed by atoms with E-state index in [2.05, 4.69) is 49.7 Å². The van der Waals surface area contributed by atoms with Gasteiger partial charge in [0.25, 0.3) is 0 Å². The second-order valence-electron chi connectivity index (χ2n) is 4.91. The van der Waals surface area contributed by atoms with Gasteiger partial charge in [-0.3, -0.25) is 4.98 Å². The van der Waals surface area contributed by atoms with Crippen molar-refractivity contribution < 1.29 is 0 Å². The second kappa shape index (κ2) is 6.68. The van der Waals surface area contributed by atoms with E-state index in [1.54, 1.807) is 17.5 Å². The average molecular weight is 365 g/mol. The maximum atomic E-state index is 4.43. The van der Waals surface area contributed by atoms with Gasteiger partial charge in [0.1, 0.15) is 0 Å². The molecule has 3 aromatic rings. The Kier molecular flexibility index (Phi) is 4.67. The quantitative estimate of drug-likeness (QED) is 0.722. The van der Waals surface area contributed by atoms with Gasteiger partial charge < -0.3 is 5.32 Å². The predicted octanol–water partition coefficient (Wildman–Crippen LogP) is 3.84. The fraction of sp³-hybridized carbons (Fsp3) is 0.333. The van der Waals surface area contributed by atoms with Crippen molar-refractivity contribution in [1.82, 2.24) is 19.9 Å². The standard InChI is InChI=1S/C15H17BrN4S/c1-2-4-18-13(8-15-12(16)3-7-21-15)11-9-19-20-6-5-17-10-14(11)20/h3,5-7,9-10,13,18H,2,4,8H2,1H3. The minimum absolute atomic E-state index is 0.251. The molecule has 110 valence electrons. The normalized spacial score (nSPS) is 12.9. The highest BCUT2D eigenvalue weighted by molar-refractivity contribution is 9.10. The van der Waals surface area contributed by atoms with Crippen LogP contribution in [0.3, 0.4) is 0 Å². The Morgan fingerprint density at radius 3 is 3.10 bits per heavy atom. The number of hydrogen-bond donors (Lipinski definition) is 1. The molecule has 21 heavy (non-hydrogen) atoms. The summed E-state index contributed by atoms with van der Waals surface area (Å²) < 4.78 is 3.07. The van der Waals surface area contributed by atoms with E-state index in [0.29, 0.717) is 0 Å². The molecule has 0 bridgehead atoms. The molecule has 6 heteroatoms. The lowest BCUT2D eigenvalue weighted by Gasteiger charge is -2.17. The van der Waals surface area contributed by atoms with Crippen molar-refractivity contribution in [2.75, 3.05) is 6.54 Å². The molecular formula is C15H17BrN4S. The van der Waals surface area contributed by atoms with E-state index in [1.807, 2.05) is 23.1 Å². The molecule has 0 aliphatic rings. The van der Waals surface area contributed by atoms with E-state index in [9.17, 15) is 0 Å². The lowest BCUT2D eigenvalue weighted by atomic mass is 10.0. The molecular weight excluding hydrogens is 348 g/mol. The largest absolute Gasteiger partial charge is 0.310 e. The van der Waals surface area contributed by atoms with Crippen LogP contribution in [0.2, 0.25) is 0 Å². The Hall–Kier alpha value is -1.24. The number of fused-ring (bicyclic) bond motifs is 1. The molecule has 0 saturated heterocycles. The Bertz CT molecular complexity index is 721. The number of aromatic nitrogens is 3. The van der Waals surface area contributed by atoms with Crippen molar-refractivity contribution in [2.24, 2.45) is 0 Å². The van der Waals surface area contributed by atoms with Gasteiger partial charge in [0.05, 0.1) is 17.9 Å². The fourth-order valence-electron chi connectivity index (χ4n) is 2.39. The number of thiophene rings is 1. The van der Waals surface area contributed by atoms with Crippen LogP contribution in [0.1, 0.15) is 29.8 Å². The lowest BCUT2D eigenvalue weighted by Crippen LogP contribution is -2.23. The Labute approximate surface area is 136 Å². The molecule has 3 rings (SSSR count). The summed E-state index contributed by atoms with van der Waals surface area (Å²) in [6, 6.07) is 2.36. The van der Waals surface area contributed by atoms with E-state index in [-0.39, 0.29) is 6.04 Å². The molecule has 0 aliphatic heterocycles. The zero-order chi connectivity index (χ0) is 14.7. The average Bonchev–Trinajstić information content (AvgIpc) is 3.10. The first kappa shape index (κ1) is 14.7. The van der Waals surface area contributed by atoms with E-state index in [0.717, 1.165) is 24.9 Å². The van der Waals surface area contributed by atoms with E-state index < -0.39 is 0 Å². The van der Waals surface area contributed by atoms with Crippen LogP contribution < -0.4 is 5.32 Å². The number of nitrogens with one attached hydrogen (secondary N) is 1. The first-order chi connectivity index (χ1) is 10.3. The number of nitrogens with zero attached hydrogens (tertiary/aromatic N) is 3. The third kappa shape index (κ3) is 3.17. The molecule has 1 unspecified atom stereocenters. The Morgan fingerprint density at radius 2 is 2.33 bits per heavy atom. The van der Waals surface area contributed by atoms with Crippen molar-refractivity contribution in [2.45, 2.75) is 25.8 Å². The van der Waals surface area contributed by atoms with Gasteiger partial charge in [0.2, 0.25) is 0 Å². The zero-order valence-corrected chi connectivity index (χ0v) is 14.2. The van der Waals surface area contributed by atoms with Crippen LogP contribution in [0, 0.1) is 0 Å². The van der Waals surface area contributed by atoms with Crippen LogP contribution >= 0.6 is 27.3 Å². The third-order valence-electron chi connectivity index (χ3n) is 3.45. The number of halogens is 1. The van der Waals surface area contributed by atoms with Gasteiger partial charge in [-0.15, -0.1) is 11.3 Å². The van der Waals surface area contributed by atoms with Crippen molar-refractivity contribution in [3.05, 3.63) is 51.1 Å². The monoisotopic (exact) mass is 364 g/mol. The van der Waals surface area contributed by atoms with Crippen molar-refractivity contribution in [3.8, 4) is 0 Å². The first-order valence-corrected chi connectivity index (χ1v) is 8.69. The van der Waals surface area contributed by atoms with Crippen LogP contribution in [0.4, 0.5) is 0 Å². The molecule has 0 radical (unpaired) electrons. The molecule has 0 fully saturated rings. The van der Waals surface area contributed by atoms with Gasteiger partial charge in [-0.05, 0) is 40.3 Å². The van der Waals surface area contributed by atoms with Gasteiger partial charge in [-0.1, -0.05) is 6.92 Å². The molecule has 1 N–H and O–H groups in total. The van der Waals surface area contributed by atoms with Crippen molar-refractivity contribution in [1.29, 1.82) is 0 Å². The smallest absolute Gasteiger partial charge is 0.0892 e. The Balaban J connectivity index is 1.93. The summed E-state index contributed by atoms with van der Waals surface area (Å²) in [5.41, 5.74) is 2.27. The van der Waals surface area contributed by atoms with Crippen molar-refractivity contribution >= 4 is 32.8 Å². The van der Waals surface area contributed by atoms with Crippen LogP contribution in [-0.4, -0.2) is 21.1 Å². The Morgan fingerprint density at radius 1 is 1.43 bits per heavy atom. The highest BCUT2D eigenvalue weighted by atomic mass is 79.9. The number of hydrogen-bond acceptors (Lipinski definition) is 4. The first-order valence-electron chi connectivity index (χ1n) is 7.02. The predicted molar refractivity (Wildman–Crippen MR) is 89.7 cm³/mol. The summed E-state index contributed by atoms with van der Waals surface area (Å²) in [6.07, 6.45) is 9.54. The highest BCUT2D eigenvalue weighted by Crippen LogP contribution is 2.29. The van der Waals surface area contributed by atoms with Crippen LogP contribution in [0.5, 0.6) is 0 Å². The van der Waals surface area contributed by atoms with Crippen LogP contribution in [-0.2, 0) is 6.42 Å². The van der Waals surface area contributed by atoms with Gasteiger partial charge in [0.15, 0.2) is 0 Å². The summed E-state index contributed by atoms with van der Waals surface area (Å²) in [6.45, 7) is 3.17. The van der Waals surface area contributed by atoms with Gasteiger partial charge in [-0.2, -0.15) is 5.10 Å². The van der Waals surface area contributed by atoms with Gasteiger partial charge >= 0.3 is 0 Å². The second-order valence-corrected chi connectivity index (χ2v) is 6.76. The molecule has 0 amide bonds. The van der Waals surface area contributed by atoms with Crippen LogP contribution in [0.25, 0.3) is 5.52 Å². The third-order valence-corrected chi connectivity index (χ3v) is 5.40. The summed E-state index contributed by atoms with van der Waals surface area (Å²) >= 11 is 5.41. The molecule has 0 spiro atoms. The molecule has 0 aromatic carbocycles. The highest BCUT2D eigenvalue weighted by Gasteiger charge is 2.18. The summed E-state index contributed by atoms with van der Waals surface area (Å²) in [7, 11) is 0. The maximum Gasteiger partial charge on any atom is 0.0892 e. The van der Waals surface area contributed by atoms with Crippen LogP contribution in [0.15, 0.2) is 40.7 Å². The topological polar surface area (TPSA) is 42.2 Å². The summed E-state index contributed by atoms with van der Waals surface area (Å²) in [4.78, 5) is 5.58. The van der Waals surface area contributed by atoms with Gasteiger partial charge in [0, 0.05) is 39.8 Å². The minimum atomic E-state index is 0.251. The van der Waals surface area contributed by atoms with Crippen molar-refractivity contribution in [3.63, 3.8) is 0 Å². The maximum absolute atomic E-state index is 4.43. The fourth-order valence-corrected chi connectivity index (χ4v) is 3.95. The molecule has 0 aliphatic carbocycles. The SMILES string of the molecule is CCCNC(Cc1sccc1Br)c1cnn2ccncc12. The molecule has 1 atom stereocenters. The molecule has 3 heterocycles. The van der Waals surface area contributed by atoms with E-state index >= 15 is 0 Å². The molecule has 4 nitrogen and oxygen atoms in total. The number of rotatable bonds is 6. The summed E-state index contributed by atoms with van der Waals surface area (Å²) in [5, 5.41) is 10.2. The van der Waals surface area contributed by atoms with Gasteiger partial charge in [-0.25, -0.2) is 4.52 Å². The lowest BCUT2D eigenvalue weighted by molar-refractivity contribution is 0.534. The van der Waals surface area contributed by atoms with E-state index in [1.165, 1.54) is 14.9 Å². The zero-order valence-electron chi connectivity index (χ0n) is 11.8. The molecule has 3 aromatic heterocycles. The van der Waals surface area contributed by atoms with E-state index in [4.69, 9.17) is 0 Å². The minimum Gasteiger partial charge on any atom is -0.310 e. The summed E-state index contributed by atoms with van der Waals surface area (Å²) in [5.74, 6) is 0. The molecule has 0 saturated carbocycles.